The lowest BCUT2D eigenvalue weighted by atomic mass is 9.77. The first-order valence-electron chi connectivity index (χ1n) is 7.65. The van der Waals surface area contributed by atoms with E-state index in [4.69, 9.17) is 10.2 Å². The molecular formula is C16H21N3O. The Morgan fingerprint density at radius 1 is 1.10 bits per heavy atom. The molecule has 1 spiro atoms. The Morgan fingerprint density at radius 3 is 2.60 bits per heavy atom. The molecule has 4 nitrogen and oxygen atoms in total. The van der Waals surface area contributed by atoms with Gasteiger partial charge in [-0.1, -0.05) is 12.8 Å². The Kier molecular flexibility index (Phi) is 2.65. The second kappa shape index (κ2) is 4.40. The van der Waals surface area contributed by atoms with E-state index in [0.717, 1.165) is 35.9 Å². The van der Waals surface area contributed by atoms with Crippen LogP contribution in [0.3, 0.4) is 0 Å². The molecule has 2 fully saturated rings. The minimum Gasteiger partial charge on any atom is -0.423 e. The molecule has 0 bridgehead atoms. The fourth-order valence-corrected chi connectivity index (χ4v) is 3.86. The van der Waals surface area contributed by atoms with Crippen LogP contribution in [0, 0.1) is 5.41 Å². The second-order valence-corrected chi connectivity index (χ2v) is 6.42. The highest BCUT2D eigenvalue weighted by atomic mass is 16.4. The molecule has 0 unspecified atom stereocenters. The molecule has 1 saturated heterocycles. The van der Waals surface area contributed by atoms with Gasteiger partial charge in [-0.15, -0.1) is 0 Å². The smallest absolute Gasteiger partial charge is 0.298 e. The number of nitrogens with two attached hydrogens (primary N) is 1. The van der Waals surface area contributed by atoms with Crippen molar-refractivity contribution >= 4 is 22.8 Å². The zero-order valence-electron chi connectivity index (χ0n) is 11.8. The average molecular weight is 271 g/mol. The zero-order chi connectivity index (χ0) is 13.6. The van der Waals surface area contributed by atoms with Gasteiger partial charge in [-0.05, 0) is 43.2 Å². The third-order valence-electron chi connectivity index (χ3n) is 5.16. The Balaban J connectivity index is 1.55. The number of hydrogen-bond acceptors (Lipinski definition) is 4. The summed E-state index contributed by atoms with van der Waals surface area (Å²) < 4.78 is 5.87. The number of fused-ring (bicyclic) bond motifs is 1. The third kappa shape index (κ3) is 1.94. The molecule has 1 aliphatic heterocycles. The molecule has 0 amide bonds. The van der Waals surface area contributed by atoms with Gasteiger partial charge < -0.3 is 15.1 Å². The van der Waals surface area contributed by atoms with Crippen molar-refractivity contribution in [1.82, 2.24) is 4.98 Å². The van der Waals surface area contributed by atoms with Gasteiger partial charge in [-0.2, -0.15) is 4.98 Å². The first-order chi connectivity index (χ1) is 9.74. The van der Waals surface area contributed by atoms with Crippen LogP contribution in [0.4, 0.5) is 11.7 Å². The number of benzene rings is 1. The Bertz CT molecular complexity index is 618. The van der Waals surface area contributed by atoms with Crippen LogP contribution in [0.25, 0.3) is 11.1 Å². The number of nitrogen functional groups attached to an aromatic ring is 1. The topological polar surface area (TPSA) is 55.3 Å². The van der Waals surface area contributed by atoms with Crippen LogP contribution in [0.15, 0.2) is 22.6 Å². The van der Waals surface area contributed by atoms with Gasteiger partial charge >= 0.3 is 0 Å². The molecule has 0 radical (unpaired) electrons. The summed E-state index contributed by atoms with van der Waals surface area (Å²) in [5, 5.41) is 0. The molecule has 4 rings (SSSR count). The highest BCUT2D eigenvalue weighted by molar-refractivity contribution is 5.78. The summed E-state index contributed by atoms with van der Waals surface area (Å²) in [5.41, 5.74) is 8.84. The summed E-state index contributed by atoms with van der Waals surface area (Å²) in [6.07, 6.45) is 8.25. The predicted molar refractivity (Wildman–Crippen MR) is 80.8 cm³/mol. The van der Waals surface area contributed by atoms with Crippen molar-refractivity contribution in [2.24, 2.45) is 5.41 Å². The highest BCUT2D eigenvalue weighted by Gasteiger charge is 2.37. The fourth-order valence-electron chi connectivity index (χ4n) is 3.86. The number of nitrogens with zero attached hydrogens (tertiary/aromatic N) is 2. The lowest BCUT2D eigenvalue weighted by Crippen LogP contribution is -2.39. The molecule has 2 heterocycles. The lowest BCUT2D eigenvalue weighted by molar-refractivity contribution is 0.223. The molecule has 0 atom stereocenters. The molecule has 1 aliphatic carbocycles. The standard InChI is InChI=1S/C16H21N3O/c17-12-3-4-13-14(11-12)20-15(18-13)19-9-7-16(8-10-19)5-1-2-6-16/h3-4,11H,1-2,5-10,17H2. The Hall–Kier alpha value is -1.71. The van der Waals surface area contributed by atoms with Gasteiger partial charge in [0.25, 0.3) is 6.01 Å². The van der Waals surface area contributed by atoms with E-state index in [9.17, 15) is 0 Å². The van der Waals surface area contributed by atoms with E-state index in [-0.39, 0.29) is 0 Å². The van der Waals surface area contributed by atoms with E-state index in [0.29, 0.717) is 5.41 Å². The van der Waals surface area contributed by atoms with Crippen LogP contribution in [0.2, 0.25) is 0 Å². The van der Waals surface area contributed by atoms with E-state index in [1.807, 2.05) is 18.2 Å². The zero-order valence-corrected chi connectivity index (χ0v) is 11.8. The van der Waals surface area contributed by atoms with E-state index in [1.165, 1.54) is 38.5 Å². The number of piperidine rings is 1. The number of oxazole rings is 1. The van der Waals surface area contributed by atoms with Crippen LogP contribution in [-0.2, 0) is 0 Å². The molecule has 2 N–H and O–H groups in total. The summed E-state index contributed by atoms with van der Waals surface area (Å²) in [5.74, 6) is 0. The quantitative estimate of drug-likeness (QED) is 0.806. The van der Waals surface area contributed by atoms with Crippen LogP contribution in [0.5, 0.6) is 0 Å². The molecule has 4 heteroatoms. The molecule has 106 valence electrons. The van der Waals surface area contributed by atoms with Crippen molar-refractivity contribution in [2.75, 3.05) is 23.7 Å². The first kappa shape index (κ1) is 12.1. The maximum Gasteiger partial charge on any atom is 0.298 e. The summed E-state index contributed by atoms with van der Waals surface area (Å²) in [6, 6.07) is 6.42. The third-order valence-corrected chi connectivity index (χ3v) is 5.16. The van der Waals surface area contributed by atoms with E-state index in [2.05, 4.69) is 9.88 Å². The number of anilines is 2. The fraction of sp³-hybridized carbons (Fsp3) is 0.562. The molecule has 1 saturated carbocycles. The molecule has 1 aromatic heterocycles. The van der Waals surface area contributed by atoms with Crippen LogP contribution in [-0.4, -0.2) is 18.1 Å². The molecule has 20 heavy (non-hydrogen) atoms. The Labute approximate surface area is 118 Å². The Morgan fingerprint density at radius 2 is 1.85 bits per heavy atom. The van der Waals surface area contributed by atoms with E-state index >= 15 is 0 Å². The summed E-state index contributed by atoms with van der Waals surface area (Å²) >= 11 is 0. The van der Waals surface area contributed by atoms with Gasteiger partial charge in [-0.25, -0.2) is 0 Å². The number of rotatable bonds is 1. The van der Waals surface area contributed by atoms with E-state index < -0.39 is 0 Å². The van der Waals surface area contributed by atoms with Crippen LogP contribution in [0.1, 0.15) is 38.5 Å². The highest BCUT2D eigenvalue weighted by Crippen LogP contribution is 2.46. The van der Waals surface area contributed by atoms with Crippen LogP contribution >= 0.6 is 0 Å². The lowest BCUT2D eigenvalue weighted by Gasteiger charge is -2.38. The van der Waals surface area contributed by atoms with Crippen molar-refractivity contribution in [3.8, 4) is 0 Å². The van der Waals surface area contributed by atoms with Gasteiger partial charge in [0.2, 0.25) is 0 Å². The van der Waals surface area contributed by atoms with Gasteiger partial charge in [0.1, 0.15) is 5.52 Å². The maximum absolute atomic E-state index is 5.87. The first-order valence-corrected chi connectivity index (χ1v) is 7.65. The van der Waals surface area contributed by atoms with E-state index in [1.54, 1.807) is 0 Å². The van der Waals surface area contributed by atoms with Crippen molar-refractivity contribution in [2.45, 2.75) is 38.5 Å². The van der Waals surface area contributed by atoms with Gasteiger partial charge in [-0.3, -0.25) is 0 Å². The van der Waals surface area contributed by atoms with Crippen molar-refractivity contribution < 1.29 is 4.42 Å². The second-order valence-electron chi connectivity index (χ2n) is 6.42. The van der Waals surface area contributed by atoms with Gasteiger partial charge in [0, 0.05) is 24.8 Å². The van der Waals surface area contributed by atoms with Crippen molar-refractivity contribution in [3.05, 3.63) is 18.2 Å². The molecule has 1 aromatic carbocycles. The normalized spacial score (nSPS) is 21.9. The summed E-state index contributed by atoms with van der Waals surface area (Å²) in [4.78, 5) is 6.89. The van der Waals surface area contributed by atoms with Gasteiger partial charge in [0.15, 0.2) is 5.58 Å². The molecule has 2 aromatic rings. The van der Waals surface area contributed by atoms with Crippen molar-refractivity contribution in [1.29, 1.82) is 0 Å². The monoisotopic (exact) mass is 271 g/mol. The van der Waals surface area contributed by atoms with Crippen LogP contribution < -0.4 is 10.6 Å². The molecule has 2 aliphatic rings. The summed E-state index contributed by atoms with van der Waals surface area (Å²) in [6.45, 7) is 2.14. The van der Waals surface area contributed by atoms with Gasteiger partial charge in [0.05, 0.1) is 0 Å². The largest absolute Gasteiger partial charge is 0.423 e. The number of hydrogen-bond donors (Lipinski definition) is 1. The molecular weight excluding hydrogens is 250 g/mol. The SMILES string of the molecule is Nc1ccc2nc(N3CCC4(CCCC4)CC3)oc2c1. The van der Waals surface area contributed by atoms with Crippen molar-refractivity contribution in [3.63, 3.8) is 0 Å². The maximum atomic E-state index is 5.87. The predicted octanol–water partition coefficient (Wildman–Crippen LogP) is 3.57. The minimum atomic E-state index is 0.632. The summed E-state index contributed by atoms with van der Waals surface area (Å²) in [7, 11) is 0. The average Bonchev–Trinajstić information content (AvgIpc) is 3.06. The minimum absolute atomic E-state index is 0.632. The number of aromatic nitrogens is 1.